The fourth-order valence-corrected chi connectivity index (χ4v) is 2.55. The van der Waals surface area contributed by atoms with Crippen molar-refractivity contribution in [2.24, 2.45) is 20.0 Å². The van der Waals surface area contributed by atoms with Gasteiger partial charge in [-0.05, 0) is 18.8 Å². The Kier molecular flexibility index (Phi) is 3.91. The van der Waals surface area contributed by atoms with Crippen molar-refractivity contribution in [1.29, 1.82) is 0 Å². The number of carboxylic acid groups (broad SMARTS) is 1. The highest BCUT2D eigenvalue weighted by Crippen LogP contribution is 2.21. The minimum Gasteiger partial charge on any atom is -0.481 e. The SMILES string of the molecule is Cn1nc(N2CCCC(CC(=O)O)C2)c(=O)n(C)c1=O. The Hall–Kier alpha value is -2.12. The quantitative estimate of drug-likeness (QED) is 0.777. The molecule has 2 heterocycles. The molecule has 0 radical (unpaired) electrons. The zero-order valence-corrected chi connectivity index (χ0v) is 11.6. The summed E-state index contributed by atoms with van der Waals surface area (Å²) in [6, 6.07) is 0. The molecule has 1 aromatic heterocycles. The van der Waals surface area contributed by atoms with Crippen LogP contribution in [0.4, 0.5) is 5.82 Å². The van der Waals surface area contributed by atoms with Crippen molar-refractivity contribution in [3.8, 4) is 0 Å². The summed E-state index contributed by atoms with van der Waals surface area (Å²) in [5.41, 5.74) is -0.915. The second kappa shape index (κ2) is 5.48. The lowest BCUT2D eigenvalue weighted by Crippen LogP contribution is -2.46. The van der Waals surface area contributed by atoms with E-state index in [9.17, 15) is 14.4 Å². The summed E-state index contributed by atoms with van der Waals surface area (Å²) >= 11 is 0. The minimum atomic E-state index is -0.835. The van der Waals surface area contributed by atoms with Crippen LogP contribution in [0.1, 0.15) is 19.3 Å². The van der Waals surface area contributed by atoms with Crippen LogP contribution in [0.2, 0.25) is 0 Å². The predicted molar refractivity (Wildman–Crippen MR) is 71.9 cm³/mol. The summed E-state index contributed by atoms with van der Waals surface area (Å²) in [7, 11) is 2.90. The Bertz CT molecular complexity index is 633. The number of aliphatic carboxylic acids is 1. The Morgan fingerprint density at radius 2 is 2.10 bits per heavy atom. The molecule has 0 spiro atoms. The van der Waals surface area contributed by atoms with Gasteiger partial charge in [0.05, 0.1) is 0 Å². The average molecular weight is 282 g/mol. The molecule has 8 nitrogen and oxygen atoms in total. The van der Waals surface area contributed by atoms with E-state index in [4.69, 9.17) is 5.11 Å². The van der Waals surface area contributed by atoms with Crippen LogP contribution in [0.25, 0.3) is 0 Å². The van der Waals surface area contributed by atoms with Gasteiger partial charge in [-0.25, -0.2) is 9.48 Å². The van der Waals surface area contributed by atoms with E-state index in [1.54, 1.807) is 4.90 Å². The Labute approximate surface area is 115 Å². The molecule has 1 aromatic rings. The molecule has 0 bridgehead atoms. The van der Waals surface area contributed by atoms with Crippen LogP contribution in [-0.4, -0.2) is 38.5 Å². The lowest BCUT2D eigenvalue weighted by molar-refractivity contribution is -0.138. The van der Waals surface area contributed by atoms with E-state index >= 15 is 0 Å². The summed E-state index contributed by atoms with van der Waals surface area (Å²) in [4.78, 5) is 36.3. The van der Waals surface area contributed by atoms with Gasteiger partial charge < -0.3 is 10.0 Å². The number of rotatable bonds is 3. The van der Waals surface area contributed by atoms with Crippen LogP contribution in [0, 0.1) is 5.92 Å². The highest BCUT2D eigenvalue weighted by molar-refractivity contribution is 5.67. The van der Waals surface area contributed by atoms with Gasteiger partial charge in [-0.2, -0.15) is 0 Å². The fourth-order valence-electron chi connectivity index (χ4n) is 2.55. The first-order valence-corrected chi connectivity index (χ1v) is 6.51. The molecular weight excluding hydrogens is 264 g/mol. The third-order valence-electron chi connectivity index (χ3n) is 3.59. The van der Waals surface area contributed by atoms with E-state index in [0.717, 1.165) is 22.1 Å². The van der Waals surface area contributed by atoms with Crippen molar-refractivity contribution in [2.45, 2.75) is 19.3 Å². The molecule has 0 aromatic carbocycles. The van der Waals surface area contributed by atoms with Gasteiger partial charge in [0, 0.05) is 33.6 Å². The molecule has 110 valence electrons. The zero-order chi connectivity index (χ0) is 14.9. The Morgan fingerprint density at radius 3 is 2.75 bits per heavy atom. The number of aromatic nitrogens is 3. The van der Waals surface area contributed by atoms with Gasteiger partial charge in [0.25, 0.3) is 5.56 Å². The Morgan fingerprint density at radius 1 is 1.40 bits per heavy atom. The first-order chi connectivity index (χ1) is 9.40. The Balaban J connectivity index is 2.30. The van der Waals surface area contributed by atoms with E-state index in [-0.39, 0.29) is 18.2 Å². The summed E-state index contributed by atoms with van der Waals surface area (Å²) in [6.07, 6.45) is 1.73. The number of hydrogen-bond acceptors (Lipinski definition) is 5. The molecule has 8 heteroatoms. The summed E-state index contributed by atoms with van der Waals surface area (Å²) in [6.45, 7) is 1.13. The number of aryl methyl sites for hydroxylation is 1. The molecule has 20 heavy (non-hydrogen) atoms. The number of carbonyl (C=O) groups is 1. The first kappa shape index (κ1) is 14.3. The van der Waals surface area contributed by atoms with E-state index in [1.807, 2.05) is 0 Å². The molecule has 1 unspecified atom stereocenters. The van der Waals surface area contributed by atoms with Crippen LogP contribution in [0.3, 0.4) is 0 Å². The first-order valence-electron chi connectivity index (χ1n) is 6.51. The number of carboxylic acids is 1. The molecule has 0 amide bonds. The maximum atomic E-state index is 12.1. The lowest BCUT2D eigenvalue weighted by atomic mass is 9.95. The van der Waals surface area contributed by atoms with Gasteiger partial charge in [0.1, 0.15) is 0 Å². The second-order valence-electron chi connectivity index (χ2n) is 5.15. The van der Waals surface area contributed by atoms with E-state index in [1.165, 1.54) is 14.1 Å². The van der Waals surface area contributed by atoms with Crippen molar-refractivity contribution >= 4 is 11.8 Å². The normalized spacial score (nSPS) is 19.1. The smallest absolute Gasteiger partial charge is 0.346 e. The summed E-state index contributed by atoms with van der Waals surface area (Å²) in [5, 5.41) is 12.9. The van der Waals surface area contributed by atoms with E-state index in [2.05, 4.69) is 5.10 Å². The molecule has 1 atom stereocenters. The lowest BCUT2D eigenvalue weighted by Gasteiger charge is -2.32. The van der Waals surface area contributed by atoms with Crippen molar-refractivity contribution in [3.63, 3.8) is 0 Å². The molecule has 1 aliphatic rings. The third kappa shape index (κ3) is 2.73. The van der Waals surface area contributed by atoms with Gasteiger partial charge in [-0.3, -0.25) is 14.2 Å². The topological polar surface area (TPSA) is 97.4 Å². The van der Waals surface area contributed by atoms with Crippen molar-refractivity contribution in [1.82, 2.24) is 14.3 Å². The highest BCUT2D eigenvalue weighted by atomic mass is 16.4. The van der Waals surface area contributed by atoms with Crippen LogP contribution < -0.4 is 16.1 Å². The number of anilines is 1. The molecule has 2 rings (SSSR count). The fraction of sp³-hybridized carbons (Fsp3) is 0.667. The molecule has 1 aliphatic heterocycles. The summed E-state index contributed by atoms with van der Waals surface area (Å²) in [5.74, 6) is -0.618. The molecule has 0 aliphatic carbocycles. The standard InChI is InChI=1S/C12H18N4O4/c1-14-11(19)10(13-15(2)12(14)20)16-5-3-4-8(7-16)6-9(17)18/h8H,3-7H2,1-2H3,(H,17,18). The summed E-state index contributed by atoms with van der Waals surface area (Å²) < 4.78 is 2.14. The largest absolute Gasteiger partial charge is 0.481 e. The predicted octanol–water partition coefficient (Wildman–Crippen LogP) is -0.830. The van der Waals surface area contributed by atoms with Crippen molar-refractivity contribution < 1.29 is 9.90 Å². The third-order valence-corrected chi connectivity index (χ3v) is 3.59. The molecule has 1 saturated heterocycles. The average Bonchev–Trinajstić information content (AvgIpc) is 2.40. The molecule has 0 saturated carbocycles. The van der Waals surface area contributed by atoms with Gasteiger partial charge in [-0.15, -0.1) is 5.10 Å². The van der Waals surface area contributed by atoms with Gasteiger partial charge >= 0.3 is 11.7 Å². The van der Waals surface area contributed by atoms with Crippen LogP contribution >= 0.6 is 0 Å². The number of nitrogens with zero attached hydrogens (tertiary/aromatic N) is 4. The number of piperidine rings is 1. The highest BCUT2D eigenvalue weighted by Gasteiger charge is 2.25. The maximum Gasteiger partial charge on any atom is 0.346 e. The van der Waals surface area contributed by atoms with E-state index < -0.39 is 17.2 Å². The van der Waals surface area contributed by atoms with Gasteiger partial charge in [0.15, 0.2) is 0 Å². The van der Waals surface area contributed by atoms with Crippen molar-refractivity contribution in [2.75, 3.05) is 18.0 Å². The van der Waals surface area contributed by atoms with Crippen molar-refractivity contribution in [3.05, 3.63) is 20.8 Å². The van der Waals surface area contributed by atoms with Gasteiger partial charge in [-0.1, -0.05) is 0 Å². The van der Waals surface area contributed by atoms with E-state index in [0.29, 0.717) is 13.1 Å². The van der Waals surface area contributed by atoms with Crippen LogP contribution in [-0.2, 0) is 18.9 Å². The zero-order valence-electron chi connectivity index (χ0n) is 11.6. The maximum absolute atomic E-state index is 12.1. The molecule has 1 N–H and O–H groups in total. The monoisotopic (exact) mass is 282 g/mol. The van der Waals surface area contributed by atoms with Crippen LogP contribution in [0.15, 0.2) is 9.59 Å². The minimum absolute atomic E-state index is 0.00462. The van der Waals surface area contributed by atoms with Crippen LogP contribution in [0.5, 0.6) is 0 Å². The second-order valence-corrected chi connectivity index (χ2v) is 5.15. The van der Waals surface area contributed by atoms with Gasteiger partial charge in [0.2, 0.25) is 5.82 Å². The molecule has 1 fully saturated rings. The molecular formula is C12H18N4O4. The number of hydrogen-bond donors (Lipinski definition) is 1.